The van der Waals surface area contributed by atoms with Crippen LogP contribution in [0.4, 0.5) is 0 Å². The van der Waals surface area contributed by atoms with Crippen LogP contribution in [0.25, 0.3) is 0 Å². The number of terminal acetylenes is 1. The average Bonchev–Trinajstić information content (AvgIpc) is 2.01. The number of nitrogens with one attached hydrogen (secondary N) is 1. The molecule has 0 radical (unpaired) electrons. The van der Waals surface area contributed by atoms with Crippen molar-refractivity contribution in [3.63, 3.8) is 0 Å². The number of rotatable bonds is 2. The van der Waals surface area contributed by atoms with E-state index in [4.69, 9.17) is 12.2 Å². The van der Waals surface area contributed by atoms with Gasteiger partial charge in [0.1, 0.15) is 0 Å². The summed E-state index contributed by atoms with van der Waals surface area (Å²) < 4.78 is 0. The molecule has 0 aliphatic heterocycles. The molecular weight excluding hydrogens is 164 g/mol. The summed E-state index contributed by atoms with van der Waals surface area (Å²) in [6.45, 7) is 7.49. The lowest BCUT2D eigenvalue weighted by Crippen LogP contribution is -2.50. The molecule has 0 aromatic heterocycles. The Morgan fingerprint density at radius 1 is 1.54 bits per heavy atom. The maximum absolute atomic E-state index is 11.4. The average molecular weight is 182 g/mol. The SMILES string of the molecule is C#CC(C)NC(=O)C(N)C(C)(C)C. The normalized spacial score (nSPS) is 15.7. The molecule has 0 aromatic rings. The molecule has 2 unspecified atom stereocenters. The summed E-state index contributed by atoms with van der Waals surface area (Å²) in [5, 5.41) is 2.64. The van der Waals surface area contributed by atoms with Crippen molar-refractivity contribution in [3.8, 4) is 12.3 Å². The van der Waals surface area contributed by atoms with E-state index >= 15 is 0 Å². The van der Waals surface area contributed by atoms with Gasteiger partial charge in [-0.3, -0.25) is 4.79 Å². The van der Waals surface area contributed by atoms with Crippen molar-refractivity contribution in [2.24, 2.45) is 11.1 Å². The number of hydrogen-bond donors (Lipinski definition) is 2. The molecule has 3 N–H and O–H groups in total. The molecule has 0 aliphatic rings. The van der Waals surface area contributed by atoms with E-state index in [2.05, 4.69) is 11.2 Å². The molecule has 0 spiro atoms. The molecule has 1 amide bonds. The Kier molecular flexibility index (Phi) is 3.96. The highest BCUT2D eigenvalue weighted by molar-refractivity contribution is 5.82. The third kappa shape index (κ3) is 3.95. The Balaban J connectivity index is 4.22. The third-order valence-electron chi connectivity index (χ3n) is 1.82. The van der Waals surface area contributed by atoms with Gasteiger partial charge >= 0.3 is 0 Å². The summed E-state index contributed by atoms with van der Waals surface area (Å²) >= 11 is 0. The van der Waals surface area contributed by atoms with Gasteiger partial charge in [-0.2, -0.15) is 0 Å². The van der Waals surface area contributed by atoms with Gasteiger partial charge < -0.3 is 11.1 Å². The molecule has 0 fully saturated rings. The van der Waals surface area contributed by atoms with E-state index in [0.717, 1.165) is 0 Å². The number of nitrogens with two attached hydrogens (primary N) is 1. The standard InChI is InChI=1S/C10H18N2O/c1-6-7(2)12-9(13)8(11)10(3,4)5/h1,7-8H,11H2,2-5H3,(H,12,13). The number of amides is 1. The maximum atomic E-state index is 11.4. The van der Waals surface area contributed by atoms with E-state index in [1.165, 1.54) is 0 Å². The fourth-order valence-electron chi connectivity index (χ4n) is 0.738. The summed E-state index contributed by atoms with van der Waals surface area (Å²) in [5.41, 5.74) is 5.48. The fourth-order valence-corrected chi connectivity index (χ4v) is 0.738. The molecule has 3 nitrogen and oxygen atoms in total. The predicted molar refractivity (Wildman–Crippen MR) is 53.9 cm³/mol. The Labute approximate surface area is 80.1 Å². The molecule has 0 bridgehead atoms. The lowest BCUT2D eigenvalue weighted by atomic mass is 9.87. The molecule has 0 saturated carbocycles. The first-order valence-electron chi connectivity index (χ1n) is 4.31. The molecule has 0 aliphatic carbocycles. The molecule has 0 aromatic carbocycles. The molecule has 74 valence electrons. The van der Waals surface area contributed by atoms with Gasteiger partial charge in [-0.1, -0.05) is 26.7 Å². The fraction of sp³-hybridized carbons (Fsp3) is 0.700. The van der Waals surface area contributed by atoms with Crippen molar-refractivity contribution in [2.45, 2.75) is 39.8 Å². The Bertz CT molecular complexity index is 222. The smallest absolute Gasteiger partial charge is 0.238 e. The Morgan fingerprint density at radius 3 is 2.31 bits per heavy atom. The first-order chi connectivity index (χ1) is 5.79. The van der Waals surface area contributed by atoms with Gasteiger partial charge in [-0.25, -0.2) is 0 Å². The van der Waals surface area contributed by atoms with Gasteiger partial charge in [0.2, 0.25) is 5.91 Å². The van der Waals surface area contributed by atoms with E-state index in [1.807, 2.05) is 20.8 Å². The highest BCUT2D eigenvalue weighted by Gasteiger charge is 2.27. The van der Waals surface area contributed by atoms with Crippen LogP contribution in [-0.2, 0) is 4.79 Å². The van der Waals surface area contributed by atoms with Gasteiger partial charge in [-0.15, -0.1) is 6.42 Å². The van der Waals surface area contributed by atoms with E-state index < -0.39 is 6.04 Å². The third-order valence-corrected chi connectivity index (χ3v) is 1.82. The summed E-state index contributed by atoms with van der Waals surface area (Å²) in [6, 6.07) is -0.788. The second-order valence-electron chi connectivity index (χ2n) is 4.24. The predicted octanol–water partition coefficient (Wildman–Crippen LogP) is 0.498. The molecule has 2 atom stereocenters. The highest BCUT2D eigenvalue weighted by Crippen LogP contribution is 2.17. The van der Waals surface area contributed by atoms with Gasteiger partial charge in [-0.05, 0) is 12.3 Å². The monoisotopic (exact) mass is 182 g/mol. The highest BCUT2D eigenvalue weighted by atomic mass is 16.2. The molecular formula is C10H18N2O. The van der Waals surface area contributed by atoms with Crippen molar-refractivity contribution >= 4 is 5.91 Å². The lowest BCUT2D eigenvalue weighted by molar-refractivity contribution is -0.124. The molecule has 3 heteroatoms. The molecule has 0 rings (SSSR count). The second kappa shape index (κ2) is 4.29. The van der Waals surface area contributed by atoms with E-state index in [0.29, 0.717) is 0 Å². The maximum Gasteiger partial charge on any atom is 0.238 e. The van der Waals surface area contributed by atoms with Gasteiger partial charge in [0, 0.05) is 0 Å². The van der Waals surface area contributed by atoms with Crippen molar-refractivity contribution in [2.75, 3.05) is 0 Å². The van der Waals surface area contributed by atoms with Crippen molar-refractivity contribution in [3.05, 3.63) is 0 Å². The van der Waals surface area contributed by atoms with Crippen LogP contribution < -0.4 is 11.1 Å². The number of hydrogen-bond acceptors (Lipinski definition) is 2. The Hall–Kier alpha value is -1.01. The zero-order valence-corrected chi connectivity index (χ0v) is 8.72. The largest absolute Gasteiger partial charge is 0.341 e. The van der Waals surface area contributed by atoms with Crippen LogP contribution in [0.3, 0.4) is 0 Å². The minimum Gasteiger partial charge on any atom is -0.341 e. The first kappa shape index (κ1) is 12.0. The minimum absolute atomic E-state index is 0.196. The summed E-state index contributed by atoms with van der Waals surface area (Å²) in [4.78, 5) is 11.4. The van der Waals surface area contributed by atoms with Crippen LogP contribution in [0.15, 0.2) is 0 Å². The molecule has 13 heavy (non-hydrogen) atoms. The Morgan fingerprint density at radius 2 is 2.00 bits per heavy atom. The quantitative estimate of drug-likeness (QED) is 0.611. The molecule has 0 heterocycles. The van der Waals surface area contributed by atoms with Crippen LogP contribution in [0.2, 0.25) is 0 Å². The van der Waals surface area contributed by atoms with E-state index in [1.54, 1.807) is 6.92 Å². The summed E-state index contributed by atoms with van der Waals surface area (Å²) in [5.74, 6) is 2.22. The summed E-state index contributed by atoms with van der Waals surface area (Å²) in [6.07, 6.45) is 5.12. The van der Waals surface area contributed by atoms with Crippen molar-refractivity contribution in [1.82, 2.24) is 5.32 Å². The van der Waals surface area contributed by atoms with Gasteiger partial charge in [0.05, 0.1) is 12.1 Å². The summed E-state index contributed by atoms with van der Waals surface area (Å²) in [7, 11) is 0. The van der Waals surface area contributed by atoms with E-state index in [9.17, 15) is 4.79 Å². The lowest BCUT2D eigenvalue weighted by Gasteiger charge is -2.26. The van der Waals surface area contributed by atoms with Crippen LogP contribution >= 0.6 is 0 Å². The topological polar surface area (TPSA) is 55.1 Å². The van der Waals surface area contributed by atoms with Crippen LogP contribution in [-0.4, -0.2) is 18.0 Å². The van der Waals surface area contributed by atoms with Gasteiger partial charge in [0.15, 0.2) is 0 Å². The zero-order valence-electron chi connectivity index (χ0n) is 8.72. The number of carbonyl (C=O) groups is 1. The van der Waals surface area contributed by atoms with Gasteiger partial charge in [0.25, 0.3) is 0 Å². The van der Waals surface area contributed by atoms with Crippen LogP contribution in [0.1, 0.15) is 27.7 Å². The zero-order chi connectivity index (χ0) is 10.6. The van der Waals surface area contributed by atoms with Crippen molar-refractivity contribution in [1.29, 1.82) is 0 Å². The number of carbonyl (C=O) groups excluding carboxylic acids is 1. The first-order valence-corrected chi connectivity index (χ1v) is 4.31. The minimum atomic E-state index is -0.525. The van der Waals surface area contributed by atoms with Crippen LogP contribution in [0, 0.1) is 17.8 Å². The van der Waals surface area contributed by atoms with E-state index in [-0.39, 0.29) is 17.4 Å². The molecule has 0 saturated heterocycles. The second-order valence-corrected chi connectivity index (χ2v) is 4.24. The van der Waals surface area contributed by atoms with Crippen molar-refractivity contribution < 1.29 is 4.79 Å². The van der Waals surface area contributed by atoms with Crippen LogP contribution in [0.5, 0.6) is 0 Å².